The number of nitrogens with zero attached hydrogens (tertiary/aromatic N) is 4. The van der Waals surface area contributed by atoms with Gasteiger partial charge in [-0.15, -0.1) is 11.3 Å². The maximum absolute atomic E-state index is 13.2. The zero-order valence-electron chi connectivity index (χ0n) is 19.5. The summed E-state index contributed by atoms with van der Waals surface area (Å²) in [6.07, 6.45) is 0. The number of aliphatic hydroxyl groups is 1. The van der Waals surface area contributed by atoms with Crippen molar-refractivity contribution in [2.75, 3.05) is 48.8 Å². The van der Waals surface area contributed by atoms with Gasteiger partial charge >= 0.3 is 5.97 Å². The van der Waals surface area contributed by atoms with Crippen LogP contribution in [-0.2, 0) is 4.79 Å². The quantitative estimate of drug-likeness (QED) is 0.190. The highest BCUT2D eigenvalue weighted by atomic mass is 32.1. The zero-order chi connectivity index (χ0) is 26.0. The minimum atomic E-state index is -1.10. The van der Waals surface area contributed by atoms with E-state index in [2.05, 4.69) is 30.6 Å². The SMILES string of the molecule is C/C(O)=C(\C#N)C(=O)Nc1cc(N2CCN(C)CC2)ccc1C(=O)Nc1[nH]nc2sc(C(=O)O)cc12. The number of aliphatic hydroxyl groups excluding tert-OH is 1. The molecule has 0 atom stereocenters. The first-order valence-electron chi connectivity index (χ1n) is 10.9. The Bertz CT molecular complexity index is 1420. The van der Waals surface area contributed by atoms with Gasteiger partial charge in [0.2, 0.25) is 0 Å². The molecule has 186 valence electrons. The molecule has 0 saturated carbocycles. The van der Waals surface area contributed by atoms with Gasteiger partial charge in [-0.2, -0.15) is 10.4 Å². The third-order valence-corrected chi connectivity index (χ3v) is 6.78. The van der Waals surface area contributed by atoms with E-state index in [9.17, 15) is 29.9 Å². The van der Waals surface area contributed by atoms with E-state index in [1.54, 1.807) is 24.3 Å². The number of aromatic amines is 1. The molecule has 1 fully saturated rings. The predicted octanol–water partition coefficient (Wildman–Crippen LogP) is 2.62. The molecule has 2 amide bonds. The van der Waals surface area contributed by atoms with Crippen LogP contribution in [0.3, 0.4) is 0 Å². The van der Waals surface area contributed by atoms with Crippen molar-refractivity contribution in [1.29, 1.82) is 5.26 Å². The average Bonchev–Trinajstić information content (AvgIpc) is 3.42. The van der Waals surface area contributed by atoms with Crippen molar-refractivity contribution < 1.29 is 24.6 Å². The number of thiophene rings is 1. The van der Waals surface area contributed by atoms with Crippen LogP contribution in [0.1, 0.15) is 27.0 Å². The molecule has 0 aliphatic carbocycles. The van der Waals surface area contributed by atoms with Gasteiger partial charge < -0.3 is 30.6 Å². The number of nitriles is 1. The number of carbonyl (C=O) groups excluding carboxylic acids is 2. The molecule has 1 saturated heterocycles. The summed E-state index contributed by atoms with van der Waals surface area (Å²) in [5.41, 5.74) is 0.563. The fourth-order valence-corrected chi connectivity index (χ4v) is 4.60. The lowest BCUT2D eigenvalue weighted by Gasteiger charge is -2.34. The number of anilines is 3. The van der Waals surface area contributed by atoms with E-state index in [1.165, 1.54) is 13.0 Å². The minimum Gasteiger partial charge on any atom is -0.511 e. The Morgan fingerprint density at radius 2 is 1.86 bits per heavy atom. The number of nitrogens with one attached hydrogen (secondary N) is 3. The molecule has 1 aliphatic rings. The first-order valence-corrected chi connectivity index (χ1v) is 11.7. The first kappa shape index (κ1) is 24.7. The number of piperazine rings is 1. The molecular weight excluding hydrogens is 486 g/mol. The molecule has 36 heavy (non-hydrogen) atoms. The normalized spacial score (nSPS) is 14.8. The van der Waals surface area contributed by atoms with Crippen molar-refractivity contribution in [3.05, 3.63) is 46.0 Å². The van der Waals surface area contributed by atoms with Gasteiger partial charge in [0.25, 0.3) is 11.8 Å². The Morgan fingerprint density at radius 3 is 2.50 bits per heavy atom. The van der Waals surface area contributed by atoms with Gasteiger partial charge in [0.1, 0.15) is 27.4 Å². The van der Waals surface area contributed by atoms with Gasteiger partial charge in [-0.25, -0.2) is 4.79 Å². The fraction of sp³-hybridized carbons (Fsp3) is 0.261. The van der Waals surface area contributed by atoms with Crippen molar-refractivity contribution in [1.82, 2.24) is 15.1 Å². The summed E-state index contributed by atoms with van der Waals surface area (Å²) in [6, 6.07) is 8.05. The van der Waals surface area contributed by atoms with Crippen LogP contribution in [0.25, 0.3) is 10.2 Å². The number of carboxylic acid groups (broad SMARTS) is 1. The molecule has 5 N–H and O–H groups in total. The summed E-state index contributed by atoms with van der Waals surface area (Å²) < 4.78 is 0. The summed E-state index contributed by atoms with van der Waals surface area (Å²) in [4.78, 5) is 42.0. The van der Waals surface area contributed by atoms with Crippen molar-refractivity contribution in [2.24, 2.45) is 0 Å². The molecule has 3 heterocycles. The van der Waals surface area contributed by atoms with E-state index in [4.69, 9.17) is 0 Å². The lowest BCUT2D eigenvalue weighted by Crippen LogP contribution is -2.44. The summed E-state index contributed by atoms with van der Waals surface area (Å²) >= 11 is 0.968. The van der Waals surface area contributed by atoms with E-state index >= 15 is 0 Å². The summed E-state index contributed by atoms with van der Waals surface area (Å²) in [6.45, 7) is 4.44. The number of allylic oxidation sites excluding steroid dienone is 1. The second-order valence-electron chi connectivity index (χ2n) is 8.23. The van der Waals surface area contributed by atoms with Crippen molar-refractivity contribution in [3.8, 4) is 6.07 Å². The van der Waals surface area contributed by atoms with Crippen LogP contribution in [0.15, 0.2) is 35.6 Å². The molecule has 1 aromatic carbocycles. The molecular formula is C23H23N7O5S. The molecule has 13 heteroatoms. The number of aromatic carboxylic acids is 1. The largest absolute Gasteiger partial charge is 0.511 e. The molecule has 0 radical (unpaired) electrons. The molecule has 1 aliphatic heterocycles. The number of hydrogen-bond acceptors (Lipinski definition) is 9. The molecule has 0 unspecified atom stereocenters. The zero-order valence-corrected chi connectivity index (χ0v) is 20.3. The number of H-pyrrole nitrogens is 1. The van der Waals surface area contributed by atoms with Gasteiger partial charge in [-0.3, -0.25) is 14.7 Å². The number of aromatic nitrogens is 2. The van der Waals surface area contributed by atoms with Crippen LogP contribution in [0, 0.1) is 11.3 Å². The van der Waals surface area contributed by atoms with Crippen LogP contribution in [0.2, 0.25) is 0 Å². The highest BCUT2D eigenvalue weighted by molar-refractivity contribution is 7.20. The van der Waals surface area contributed by atoms with E-state index in [-0.39, 0.29) is 21.9 Å². The van der Waals surface area contributed by atoms with Crippen molar-refractivity contribution in [2.45, 2.75) is 6.92 Å². The molecule has 2 aromatic heterocycles. The third-order valence-electron chi connectivity index (χ3n) is 5.77. The summed E-state index contributed by atoms with van der Waals surface area (Å²) in [7, 11) is 2.03. The lowest BCUT2D eigenvalue weighted by atomic mass is 10.1. The first-order chi connectivity index (χ1) is 17.2. The number of likely N-dealkylation sites (N-methyl/N-ethyl adjacent to an activating group) is 1. The summed E-state index contributed by atoms with van der Waals surface area (Å²) in [5.74, 6) is -2.77. The number of carbonyl (C=O) groups is 3. The second kappa shape index (κ2) is 10.1. The van der Waals surface area contributed by atoms with Gasteiger partial charge in [0.05, 0.1) is 16.6 Å². The topological polar surface area (TPSA) is 175 Å². The Kier molecular flexibility index (Phi) is 6.91. The van der Waals surface area contributed by atoms with Gasteiger partial charge in [-0.1, -0.05) is 0 Å². The van der Waals surface area contributed by atoms with Gasteiger partial charge in [0, 0.05) is 31.9 Å². The minimum absolute atomic E-state index is 0.0803. The Hall–Kier alpha value is -4.41. The standard InChI is InChI=1S/C23H23N7O5S/c1-12(31)16(11-24)21(33)25-17-9-13(30-7-5-29(2)6-8-30)3-4-14(17)20(32)26-19-15-10-18(23(34)35)36-22(15)28-27-19/h3-4,9-10,31H,5-8H2,1-2H3,(H,25,33)(H,34,35)(H2,26,27,28,32)/b16-12-. The maximum atomic E-state index is 13.2. The number of fused-ring (bicyclic) bond motifs is 1. The molecule has 12 nitrogen and oxygen atoms in total. The highest BCUT2D eigenvalue weighted by Crippen LogP contribution is 2.31. The molecule has 0 bridgehead atoms. The number of benzene rings is 1. The lowest BCUT2D eigenvalue weighted by molar-refractivity contribution is -0.112. The van der Waals surface area contributed by atoms with Crippen molar-refractivity contribution >= 4 is 56.5 Å². The van der Waals surface area contributed by atoms with Gasteiger partial charge in [0.15, 0.2) is 5.57 Å². The van der Waals surface area contributed by atoms with E-state index < -0.39 is 29.1 Å². The van der Waals surface area contributed by atoms with Gasteiger partial charge in [-0.05, 0) is 38.2 Å². The van der Waals surface area contributed by atoms with E-state index in [0.29, 0.717) is 10.2 Å². The molecule has 4 rings (SSSR count). The average molecular weight is 510 g/mol. The van der Waals surface area contributed by atoms with Crippen LogP contribution in [0.4, 0.5) is 17.2 Å². The Morgan fingerprint density at radius 1 is 1.14 bits per heavy atom. The number of rotatable bonds is 6. The van der Waals surface area contributed by atoms with E-state index in [1.807, 2.05) is 7.05 Å². The van der Waals surface area contributed by atoms with Crippen molar-refractivity contribution in [3.63, 3.8) is 0 Å². The highest BCUT2D eigenvalue weighted by Gasteiger charge is 2.22. The fourth-order valence-electron chi connectivity index (χ4n) is 3.77. The number of amides is 2. The third kappa shape index (κ3) is 4.99. The van der Waals surface area contributed by atoms with Crippen LogP contribution in [0.5, 0.6) is 0 Å². The Balaban J connectivity index is 1.67. The monoisotopic (exact) mass is 509 g/mol. The van der Waals surface area contributed by atoms with Crippen LogP contribution >= 0.6 is 11.3 Å². The second-order valence-corrected chi connectivity index (χ2v) is 9.26. The predicted molar refractivity (Wildman–Crippen MR) is 135 cm³/mol. The smallest absolute Gasteiger partial charge is 0.345 e. The molecule has 0 spiro atoms. The van der Waals surface area contributed by atoms with E-state index in [0.717, 1.165) is 43.2 Å². The Labute approximate surface area is 209 Å². The van der Waals surface area contributed by atoms with Crippen LogP contribution < -0.4 is 15.5 Å². The van der Waals surface area contributed by atoms with Crippen LogP contribution in [-0.4, -0.2) is 76.3 Å². The molecule has 3 aromatic rings. The number of hydrogen-bond donors (Lipinski definition) is 5. The maximum Gasteiger partial charge on any atom is 0.345 e. The number of carboxylic acids is 1. The summed E-state index contributed by atoms with van der Waals surface area (Å²) in [5, 5.41) is 40.6.